The minimum absolute atomic E-state index is 0.0992. The maximum atomic E-state index is 13.7. The molecule has 6 heteroatoms. The molecule has 1 heterocycles. The molecule has 1 saturated carbocycles. The van der Waals surface area contributed by atoms with Crippen molar-refractivity contribution in [1.29, 1.82) is 0 Å². The number of allylic oxidation sites excluding steroid dienone is 1. The molecule has 3 aromatic rings. The van der Waals surface area contributed by atoms with Crippen molar-refractivity contribution in [3.8, 4) is 11.5 Å². The number of carbonyl (C=O) groups is 1. The molecule has 0 bridgehead atoms. The molecule has 5 nitrogen and oxygen atoms in total. The fourth-order valence-electron chi connectivity index (χ4n) is 4.96. The summed E-state index contributed by atoms with van der Waals surface area (Å²) in [5.41, 5.74) is 4.97. The van der Waals surface area contributed by atoms with E-state index in [1.807, 2.05) is 60.7 Å². The van der Waals surface area contributed by atoms with E-state index in [0.717, 1.165) is 52.1 Å². The predicted octanol–water partition coefficient (Wildman–Crippen LogP) is 6.90. The molecule has 178 valence electrons. The molecule has 0 N–H and O–H groups in total. The topological polar surface area (TPSA) is 51.1 Å². The van der Waals surface area contributed by atoms with Gasteiger partial charge in [0.15, 0.2) is 0 Å². The van der Waals surface area contributed by atoms with Gasteiger partial charge in [-0.05, 0) is 84.5 Å². The van der Waals surface area contributed by atoms with Crippen LogP contribution in [-0.2, 0) is 0 Å². The highest BCUT2D eigenvalue weighted by molar-refractivity contribution is 9.10. The fourth-order valence-corrected chi connectivity index (χ4v) is 5.36. The van der Waals surface area contributed by atoms with Crippen molar-refractivity contribution in [3.05, 3.63) is 99.5 Å². The first-order valence-corrected chi connectivity index (χ1v) is 12.5. The second kappa shape index (κ2) is 10.1. The van der Waals surface area contributed by atoms with E-state index in [1.165, 1.54) is 5.57 Å². The molecule has 35 heavy (non-hydrogen) atoms. The number of rotatable bonds is 5. The number of nitrogens with zero attached hydrogens (tertiary/aromatic N) is 2. The third kappa shape index (κ3) is 4.76. The highest BCUT2D eigenvalue weighted by Gasteiger charge is 2.44. The SMILES string of the molecule is COc1ccc(/C=C2\CCC[C@H]3C2=NN(C(=O)c2cccc(Br)c2)[C@@H]3c2ccc(OC)cc2)cc1. The van der Waals surface area contributed by atoms with Crippen LogP contribution < -0.4 is 9.47 Å². The zero-order valence-corrected chi connectivity index (χ0v) is 21.4. The summed E-state index contributed by atoms with van der Waals surface area (Å²) in [7, 11) is 3.33. The Balaban J connectivity index is 1.56. The van der Waals surface area contributed by atoms with Gasteiger partial charge in [-0.3, -0.25) is 4.79 Å². The Morgan fingerprint density at radius 1 is 1.00 bits per heavy atom. The molecule has 2 aliphatic rings. The Morgan fingerprint density at radius 2 is 1.69 bits per heavy atom. The number of fused-ring (bicyclic) bond motifs is 1. The monoisotopic (exact) mass is 530 g/mol. The van der Waals surface area contributed by atoms with Crippen LogP contribution in [0.1, 0.15) is 46.8 Å². The van der Waals surface area contributed by atoms with Crippen LogP contribution in [0.2, 0.25) is 0 Å². The fraction of sp³-hybridized carbons (Fsp3) is 0.241. The summed E-state index contributed by atoms with van der Waals surface area (Å²) in [6, 6.07) is 23.4. The van der Waals surface area contributed by atoms with Gasteiger partial charge >= 0.3 is 0 Å². The molecule has 1 amide bonds. The molecular weight excluding hydrogens is 504 g/mol. The highest BCUT2D eigenvalue weighted by atomic mass is 79.9. The molecule has 1 aliphatic carbocycles. The third-order valence-electron chi connectivity index (χ3n) is 6.70. The molecule has 1 fully saturated rings. The van der Waals surface area contributed by atoms with Gasteiger partial charge in [0, 0.05) is 16.0 Å². The summed E-state index contributed by atoms with van der Waals surface area (Å²) in [4.78, 5) is 13.7. The van der Waals surface area contributed by atoms with Crippen molar-refractivity contribution in [3.63, 3.8) is 0 Å². The van der Waals surface area contributed by atoms with Gasteiger partial charge in [0.25, 0.3) is 5.91 Å². The van der Waals surface area contributed by atoms with Gasteiger partial charge in [0.1, 0.15) is 11.5 Å². The number of amides is 1. The van der Waals surface area contributed by atoms with E-state index >= 15 is 0 Å². The first-order valence-electron chi connectivity index (χ1n) is 11.7. The molecule has 0 spiro atoms. The maximum Gasteiger partial charge on any atom is 0.274 e. The second-order valence-electron chi connectivity index (χ2n) is 8.80. The van der Waals surface area contributed by atoms with Crippen LogP contribution in [0.5, 0.6) is 11.5 Å². The van der Waals surface area contributed by atoms with Crippen molar-refractivity contribution >= 4 is 33.6 Å². The number of hydrogen-bond acceptors (Lipinski definition) is 4. The Morgan fingerprint density at radius 3 is 2.34 bits per heavy atom. The molecule has 0 unspecified atom stereocenters. The first-order chi connectivity index (χ1) is 17.1. The Labute approximate surface area is 214 Å². The minimum atomic E-state index is -0.165. The van der Waals surface area contributed by atoms with E-state index in [2.05, 4.69) is 34.1 Å². The van der Waals surface area contributed by atoms with E-state index in [1.54, 1.807) is 19.2 Å². The number of halogens is 1. The molecule has 0 radical (unpaired) electrons. The smallest absolute Gasteiger partial charge is 0.274 e. The second-order valence-corrected chi connectivity index (χ2v) is 9.72. The van der Waals surface area contributed by atoms with Gasteiger partial charge in [-0.25, -0.2) is 5.01 Å². The van der Waals surface area contributed by atoms with E-state index < -0.39 is 0 Å². The molecule has 0 aromatic heterocycles. The first kappa shape index (κ1) is 23.4. The summed E-state index contributed by atoms with van der Waals surface area (Å²) in [6.07, 6.45) is 5.17. The number of hydrazone groups is 1. The molecule has 1 aliphatic heterocycles. The zero-order valence-electron chi connectivity index (χ0n) is 19.8. The third-order valence-corrected chi connectivity index (χ3v) is 7.19. The van der Waals surface area contributed by atoms with Gasteiger partial charge < -0.3 is 9.47 Å². The average Bonchev–Trinajstić information content (AvgIpc) is 3.29. The lowest BCUT2D eigenvalue weighted by atomic mass is 9.77. The summed E-state index contributed by atoms with van der Waals surface area (Å²) in [6.45, 7) is 0. The van der Waals surface area contributed by atoms with Crippen LogP contribution in [0.4, 0.5) is 0 Å². The van der Waals surface area contributed by atoms with Gasteiger partial charge in [0.2, 0.25) is 0 Å². The summed E-state index contributed by atoms with van der Waals surface area (Å²) >= 11 is 3.49. The average molecular weight is 531 g/mol. The quantitative estimate of drug-likeness (QED) is 0.360. The molecule has 2 atom stereocenters. The van der Waals surface area contributed by atoms with Crippen LogP contribution >= 0.6 is 15.9 Å². The minimum Gasteiger partial charge on any atom is -0.497 e. The van der Waals surface area contributed by atoms with Gasteiger partial charge in [-0.15, -0.1) is 0 Å². The standard InChI is InChI=1S/C29H27BrN2O3/c1-34-24-13-9-19(10-14-24)17-21-5-4-8-26-27(21)31-32(29(33)22-6-3-7-23(30)18-22)28(26)20-11-15-25(35-2)16-12-20/h3,6-7,9-18,26,28H,4-5,8H2,1-2H3/b21-17+/t26-,28+/m0/s1. The van der Waals surface area contributed by atoms with Crippen molar-refractivity contribution in [1.82, 2.24) is 5.01 Å². The van der Waals surface area contributed by atoms with Crippen molar-refractivity contribution in [2.45, 2.75) is 25.3 Å². The Hall–Kier alpha value is -3.38. The van der Waals surface area contributed by atoms with Crippen LogP contribution in [0.3, 0.4) is 0 Å². The van der Waals surface area contributed by atoms with Crippen molar-refractivity contribution in [2.24, 2.45) is 11.0 Å². The van der Waals surface area contributed by atoms with Crippen LogP contribution in [0.25, 0.3) is 6.08 Å². The summed E-state index contributed by atoms with van der Waals surface area (Å²) in [5, 5.41) is 6.68. The van der Waals surface area contributed by atoms with E-state index in [-0.39, 0.29) is 17.9 Å². The zero-order chi connectivity index (χ0) is 24.4. The van der Waals surface area contributed by atoms with Crippen LogP contribution in [-0.4, -0.2) is 30.8 Å². The number of methoxy groups -OCH3 is 2. The summed E-state index contributed by atoms with van der Waals surface area (Å²) < 4.78 is 11.5. The van der Waals surface area contributed by atoms with Gasteiger partial charge in [0.05, 0.1) is 26.0 Å². The summed E-state index contributed by atoms with van der Waals surface area (Å²) in [5.74, 6) is 1.66. The normalized spacial score (nSPS) is 20.4. The van der Waals surface area contributed by atoms with Crippen LogP contribution in [0.15, 0.2) is 87.9 Å². The lowest BCUT2D eigenvalue weighted by Gasteiger charge is -2.29. The molecule has 5 rings (SSSR count). The largest absolute Gasteiger partial charge is 0.497 e. The number of hydrogen-bond donors (Lipinski definition) is 0. The lowest BCUT2D eigenvalue weighted by Crippen LogP contribution is -2.31. The van der Waals surface area contributed by atoms with Gasteiger partial charge in [-0.1, -0.05) is 46.3 Å². The predicted molar refractivity (Wildman–Crippen MR) is 142 cm³/mol. The highest BCUT2D eigenvalue weighted by Crippen LogP contribution is 2.45. The van der Waals surface area contributed by atoms with E-state index in [4.69, 9.17) is 14.6 Å². The Kier molecular flexibility index (Phi) is 6.73. The molecule has 0 saturated heterocycles. The number of carbonyl (C=O) groups excluding carboxylic acids is 1. The maximum absolute atomic E-state index is 13.7. The Bertz CT molecular complexity index is 1280. The number of ether oxygens (including phenoxy) is 2. The van der Waals surface area contributed by atoms with E-state index in [9.17, 15) is 4.79 Å². The van der Waals surface area contributed by atoms with Crippen molar-refractivity contribution < 1.29 is 14.3 Å². The number of benzene rings is 3. The lowest BCUT2D eigenvalue weighted by molar-refractivity contribution is 0.0680. The van der Waals surface area contributed by atoms with Crippen LogP contribution in [0, 0.1) is 5.92 Å². The molecule has 3 aromatic carbocycles. The van der Waals surface area contributed by atoms with E-state index in [0.29, 0.717) is 5.56 Å². The molecular formula is C29H27BrN2O3. The van der Waals surface area contributed by atoms with Crippen molar-refractivity contribution in [2.75, 3.05) is 14.2 Å². The van der Waals surface area contributed by atoms with Gasteiger partial charge in [-0.2, -0.15) is 5.10 Å².